The van der Waals surface area contributed by atoms with Gasteiger partial charge in [-0.2, -0.15) is 0 Å². The van der Waals surface area contributed by atoms with Gasteiger partial charge in [0, 0.05) is 30.9 Å². The van der Waals surface area contributed by atoms with Gasteiger partial charge in [0.2, 0.25) is 5.91 Å². The molecule has 0 aliphatic carbocycles. The smallest absolute Gasteiger partial charge is 0.228 e. The van der Waals surface area contributed by atoms with E-state index in [1.165, 1.54) is 16.2 Å². The largest absolute Gasteiger partial charge is 0.388 e. The van der Waals surface area contributed by atoms with Crippen LogP contribution < -0.4 is 0 Å². The lowest BCUT2D eigenvalue weighted by molar-refractivity contribution is -0.130. The molecule has 3 rings (SSSR count). The Labute approximate surface area is 107 Å². The summed E-state index contributed by atoms with van der Waals surface area (Å²) in [6.07, 6.45) is 2.25. The lowest BCUT2D eigenvalue weighted by Gasteiger charge is -2.14. The second-order valence-electron chi connectivity index (χ2n) is 4.44. The van der Waals surface area contributed by atoms with Gasteiger partial charge in [0.1, 0.15) is 0 Å². The van der Waals surface area contributed by atoms with Crippen LogP contribution >= 0.6 is 11.3 Å². The van der Waals surface area contributed by atoms with Crippen LogP contribution in [0.1, 0.15) is 5.69 Å². The third kappa shape index (κ3) is 2.00. The molecule has 2 atom stereocenters. The highest BCUT2D eigenvalue weighted by Crippen LogP contribution is 2.15. The number of hydrogen-bond acceptors (Lipinski definition) is 5. The number of aliphatic hydroxyl groups is 2. The molecule has 0 saturated carbocycles. The number of rotatable bonds is 2. The third-order valence-electron chi connectivity index (χ3n) is 3.09. The summed E-state index contributed by atoms with van der Waals surface area (Å²) in [6.45, 7) is 0.393. The molecule has 1 fully saturated rings. The molecule has 2 aromatic rings. The predicted octanol–water partition coefficient (Wildman–Crippen LogP) is -0.498. The summed E-state index contributed by atoms with van der Waals surface area (Å²) in [6, 6.07) is 0. The maximum atomic E-state index is 12.0. The van der Waals surface area contributed by atoms with Gasteiger partial charge in [-0.05, 0) is 0 Å². The normalized spacial score (nSPS) is 24.0. The summed E-state index contributed by atoms with van der Waals surface area (Å²) < 4.78 is 1.88. The Morgan fingerprint density at radius 1 is 1.44 bits per heavy atom. The maximum absolute atomic E-state index is 12.0. The van der Waals surface area contributed by atoms with Crippen molar-refractivity contribution in [2.45, 2.75) is 18.6 Å². The molecule has 1 saturated heterocycles. The van der Waals surface area contributed by atoms with Crippen molar-refractivity contribution in [3.05, 3.63) is 23.5 Å². The third-order valence-corrected chi connectivity index (χ3v) is 3.86. The molecule has 18 heavy (non-hydrogen) atoms. The van der Waals surface area contributed by atoms with Gasteiger partial charge in [-0.3, -0.25) is 9.20 Å². The number of likely N-dealkylation sites (tertiary alicyclic amines) is 1. The SMILES string of the molecule is O=C(Cc1cn2ccsc2n1)N1CC(O)C(O)C1. The molecule has 0 aromatic carbocycles. The summed E-state index contributed by atoms with van der Waals surface area (Å²) in [4.78, 5) is 18.6. The number of hydrogen-bond donors (Lipinski definition) is 2. The van der Waals surface area contributed by atoms with E-state index >= 15 is 0 Å². The highest BCUT2D eigenvalue weighted by molar-refractivity contribution is 7.15. The highest BCUT2D eigenvalue weighted by atomic mass is 32.1. The molecule has 96 valence electrons. The summed E-state index contributed by atoms with van der Waals surface area (Å²) in [5.41, 5.74) is 0.711. The maximum Gasteiger partial charge on any atom is 0.228 e. The van der Waals surface area contributed by atoms with Crippen LogP contribution in [-0.4, -0.2) is 55.7 Å². The first kappa shape index (κ1) is 11.6. The van der Waals surface area contributed by atoms with E-state index in [-0.39, 0.29) is 25.4 Å². The number of thiazole rings is 1. The Balaban J connectivity index is 1.69. The first-order chi connectivity index (χ1) is 8.63. The van der Waals surface area contributed by atoms with Crippen LogP contribution in [0, 0.1) is 0 Å². The van der Waals surface area contributed by atoms with Crippen molar-refractivity contribution in [3.63, 3.8) is 0 Å². The molecular formula is C11H13N3O3S. The molecule has 0 spiro atoms. The Kier molecular flexibility index (Phi) is 2.81. The van der Waals surface area contributed by atoms with Crippen molar-refractivity contribution in [2.24, 2.45) is 0 Å². The van der Waals surface area contributed by atoms with Gasteiger partial charge in [-0.25, -0.2) is 4.98 Å². The van der Waals surface area contributed by atoms with E-state index in [1.54, 1.807) is 0 Å². The average Bonchev–Trinajstić information content (AvgIpc) is 2.95. The number of imidazole rings is 1. The molecule has 2 N–H and O–H groups in total. The first-order valence-corrected chi connectivity index (χ1v) is 6.56. The molecular weight excluding hydrogens is 254 g/mol. The number of amides is 1. The van der Waals surface area contributed by atoms with E-state index in [4.69, 9.17) is 0 Å². The van der Waals surface area contributed by atoms with E-state index < -0.39 is 12.2 Å². The number of carbonyl (C=O) groups excluding carboxylic acids is 1. The van der Waals surface area contributed by atoms with Crippen molar-refractivity contribution in [2.75, 3.05) is 13.1 Å². The van der Waals surface area contributed by atoms with Crippen molar-refractivity contribution >= 4 is 22.2 Å². The van der Waals surface area contributed by atoms with Crippen LogP contribution in [0.5, 0.6) is 0 Å². The Bertz CT molecular complexity index is 540. The standard InChI is InChI=1S/C11H13N3O3S/c15-8-5-14(6-9(8)16)10(17)3-7-4-13-1-2-18-11(13)12-7/h1-2,4,8-9,15-16H,3,5-6H2. The van der Waals surface area contributed by atoms with Crippen LogP contribution in [0.25, 0.3) is 4.96 Å². The predicted molar refractivity (Wildman–Crippen MR) is 65.4 cm³/mol. The quantitative estimate of drug-likeness (QED) is 0.769. The van der Waals surface area contributed by atoms with E-state index in [0.717, 1.165) is 4.96 Å². The zero-order valence-corrected chi connectivity index (χ0v) is 10.4. The van der Waals surface area contributed by atoms with Crippen molar-refractivity contribution < 1.29 is 15.0 Å². The topological polar surface area (TPSA) is 78.1 Å². The average molecular weight is 267 g/mol. The minimum atomic E-state index is -0.834. The van der Waals surface area contributed by atoms with Crippen molar-refractivity contribution in [1.29, 1.82) is 0 Å². The minimum absolute atomic E-state index is 0.114. The molecule has 1 aliphatic rings. The number of aromatic nitrogens is 2. The number of carbonyl (C=O) groups is 1. The number of aliphatic hydroxyl groups excluding tert-OH is 2. The number of nitrogens with zero attached hydrogens (tertiary/aromatic N) is 3. The van der Waals surface area contributed by atoms with E-state index in [1.807, 2.05) is 22.2 Å². The number of fused-ring (bicyclic) bond motifs is 1. The fourth-order valence-electron chi connectivity index (χ4n) is 2.10. The van der Waals surface area contributed by atoms with Gasteiger partial charge >= 0.3 is 0 Å². The second-order valence-corrected chi connectivity index (χ2v) is 5.31. The van der Waals surface area contributed by atoms with Gasteiger partial charge < -0.3 is 15.1 Å². The Morgan fingerprint density at radius 2 is 2.17 bits per heavy atom. The van der Waals surface area contributed by atoms with Crippen LogP contribution in [-0.2, 0) is 11.2 Å². The van der Waals surface area contributed by atoms with E-state index in [2.05, 4.69) is 4.98 Å². The second kappa shape index (κ2) is 4.34. The molecule has 2 aromatic heterocycles. The molecule has 7 heteroatoms. The summed E-state index contributed by atoms with van der Waals surface area (Å²) in [7, 11) is 0. The lowest BCUT2D eigenvalue weighted by Crippen LogP contribution is -2.31. The van der Waals surface area contributed by atoms with Gasteiger partial charge in [-0.15, -0.1) is 11.3 Å². The van der Waals surface area contributed by atoms with Crippen LogP contribution in [0.4, 0.5) is 0 Å². The molecule has 0 bridgehead atoms. The van der Waals surface area contributed by atoms with Gasteiger partial charge in [0.15, 0.2) is 4.96 Å². The zero-order chi connectivity index (χ0) is 12.7. The molecule has 1 aliphatic heterocycles. The van der Waals surface area contributed by atoms with E-state index in [9.17, 15) is 15.0 Å². The van der Waals surface area contributed by atoms with Crippen molar-refractivity contribution in [3.8, 4) is 0 Å². The van der Waals surface area contributed by atoms with Crippen LogP contribution in [0.2, 0.25) is 0 Å². The zero-order valence-electron chi connectivity index (χ0n) is 9.56. The Hall–Kier alpha value is -1.44. The Morgan fingerprint density at radius 3 is 2.83 bits per heavy atom. The molecule has 0 radical (unpaired) electrons. The fraction of sp³-hybridized carbons (Fsp3) is 0.455. The fourth-order valence-corrected chi connectivity index (χ4v) is 2.82. The van der Waals surface area contributed by atoms with Gasteiger partial charge in [0.05, 0.1) is 24.3 Å². The number of β-amino-alcohol motifs (C(OH)–C–C–N with tert-alkyl or cyclic N) is 2. The van der Waals surface area contributed by atoms with Crippen LogP contribution in [0.3, 0.4) is 0 Å². The first-order valence-electron chi connectivity index (χ1n) is 5.68. The monoisotopic (exact) mass is 267 g/mol. The molecule has 6 nitrogen and oxygen atoms in total. The highest BCUT2D eigenvalue weighted by Gasteiger charge is 2.32. The summed E-state index contributed by atoms with van der Waals surface area (Å²) in [5.74, 6) is -0.114. The van der Waals surface area contributed by atoms with Crippen LogP contribution in [0.15, 0.2) is 17.8 Å². The summed E-state index contributed by atoms with van der Waals surface area (Å²) in [5, 5.41) is 20.7. The molecule has 1 amide bonds. The van der Waals surface area contributed by atoms with Gasteiger partial charge in [-0.1, -0.05) is 0 Å². The van der Waals surface area contributed by atoms with Crippen molar-refractivity contribution in [1.82, 2.24) is 14.3 Å². The lowest BCUT2D eigenvalue weighted by atomic mass is 10.3. The minimum Gasteiger partial charge on any atom is -0.388 e. The van der Waals surface area contributed by atoms with Gasteiger partial charge in [0.25, 0.3) is 0 Å². The molecule has 3 heterocycles. The summed E-state index contributed by atoms with van der Waals surface area (Å²) >= 11 is 1.52. The van der Waals surface area contributed by atoms with E-state index in [0.29, 0.717) is 5.69 Å². The molecule has 2 unspecified atom stereocenters.